The fraction of sp³-hybridized carbons (Fsp3) is 0.500. The molecule has 1 saturated heterocycles. The molecule has 2 aliphatic rings. The number of hydrogen-bond donors (Lipinski definition) is 1. The molecule has 0 unspecified atom stereocenters. The molecular formula is C16H18FNO4. The maximum absolute atomic E-state index is 13.0. The Morgan fingerprint density at radius 2 is 1.91 bits per heavy atom. The minimum Gasteiger partial charge on any atom is -0.481 e. The minimum atomic E-state index is -0.908. The molecule has 0 radical (unpaired) electrons. The van der Waals surface area contributed by atoms with Crippen LogP contribution in [0.5, 0.6) is 0 Å². The third-order valence-corrected chi connectivity index (χ3v) is 4.24. The van der Waals surface area contributed by atoms with Crippen LogP contribution in [0.2, 0.25) is 0 Å². The van der Waals surface area contributed by atoms with Gasteiger partial charge in [0.05, 0.1) is 24.5 Å². The fourth-order valence-electron chi connectivity index (χ4n) is 2.97. The van der Waals surface area contributed by atoms with Gasteiger partial charge in [0, 0.05) is 6.54 Å². The number of carbonyl (C=O) groups is 2. The number of carboxylic acids is 1. The lowest BCUT2D eigenvalue weighted by Gasteiger charge is -2.37. The molecule has 5 nitrogen and oxygen atoms in total. The lowest BCUT2D eigenvalue weighted by molar-refractivity contribution is -0.149. The van der Waals surface area contributed by atoms with Crippen molar-refractivity contribution in [2.24, 2.45) is 11.8 Å². The van der Waals surface area contributed by atoms with Gasteiger partial charge in [-0.25, -0.2) is 4.39 Å². The molecule has 0 bridgehead atoms. The zero-order chi connectivity index (χ0) is 15.9. The van der Waals surface area contributed by atoms with E-state index in [2.05, 4.69) is 0 Å². The third-order valence-electron chi connectivity index (χ3n) is 4.24. The maximum Gasteiger partial charge on any atom is 0.307 e. The van der Waals surface area contributed by atoms with Gasteiger partial charge in [0.2, 0.25) is 5.91 Å². The summed E-state index contributed by atoms with van der Waals surface area (Å²) in [6.45, 7) is 2.70. The largest absolute Gasteiger partial charge is 0.481 e. The number of rotatable bonds is 3. The van der Waals surface area contributed by atoms with Crippen LogP contribution in [0.1, 0.15) is 25.0 Å². The topological polar surface area (TPSA) is 66.8 Å². The summed E-state index contributed by atoms with van der Waals surface area (Å²) in [5, 5.41) is 8.95. The first kappa shape index (κ1) is 15.0. The van der Waals surface area contributed by atoms with Gasteiger partial charge in [-0.3, -0.25) is 9.59 Å². The molecule has 0 spiro atoms. The van der Waals surface area contributed by atoms with Gasteiger partial charge in [0.25, 0.3) is 0 Å². The van der Waals surface area contributed by atoms with E-state index in [9.17, 15) is 14.0 Å². The Morgan fingerprint density at radius 3 is 2.50 bits per heavy atom. The second-order valence-electron chi connectivity index (χ2n) is 6.02. The summed E-state index contributed by atoms with van der Waals surface area (Å²) >= 11 is 0. The summed E-state index contributed by atoms with van der Waals surface area (Å²) in [6, 6.07) is 6.03. The van der Waals surface area contributed by atoms with E-state index in [1.54, 1.807) is 17.0 Å². The van der Waals surface area contributed by atoms with Crippen LogP contribution in [-0.4, -0.2) is 41.1 Å². The van der Waals surface area contributed by atoms with Crippen LogP contribution in [0.4, 0.5) is 4.39 Å². The van der Waals surface area contributed by atoms with Gasteiger partial charge in [-0.15, -0.1) is 0 Å². The Morgan fingerprint density at radius 1 is 1.23 bits per heavy atom. The van der Waals surface area contributed by atoms with Gasteiger partial charge >= 0.3 is 5.97 Å². The lowest BCUT2D eigenvalue weighted by atomic mass is 10.1. The van der Waals surface area contributed by atoms with Crippen LogP contribution in [0, 0.1) is 17.7 Å². The van der Waals surface area contributed by atoms with Gasteiger partial charge in [-0.05, 0) is 31.0 Å². The van der Waals surface area contributed by atoms with Gasteiger partial charge in [0.15, 0.2) is 0 Å². The van der Waals surface area contributed by atoms with Crippen molar-refractivity contribution >= 4 is 11.9 Å². The Labute approximate surface area is 127 Å². The van der Waals surface area contributed by atoms with E-state index in [-0.39, 0.29) is 23.9 Å². The SMILES string of the molecule is C[C@@H]1CN(C(=O)[C@@H]2C[C@H]2C(=O)O)C[C@H](c2ccc(F)cc2)O1. The first-order valence-corrected chi connectivity index (χ1v) is 7.38. The highest BCUT2D eigenvalue weighted by molar-refractivity contribution is 5.89. The minimum absolute atomic E-state index is 0.116. The lowest BCUT2D eigenvalue weighted by Crippen LogP contribution is -2.46. The molecule has 1 aliphatic heterocycles. The molecule has 1 amide bonds. The average molecular weight is 307 g/mol. The first-order valence-electron chi connectivity index (χ1n) is 7.38. The van der Waals surface area contributed by atoms with E-state index < -0.39 is 17.8 Å². The van der Waals surface area contributed by atoms with Crippen molar-refractivity contribution in [2.45, 2.75) is 25.6 Å². The number of benzene rings is 1. The summed E-state index contributed by atoms with van der Waals surface area (Å²) in [5.74, 6) is -2.29. The Balaban J connectivity index is 1.70. The van der Waals surface area contributed by atoms with Crippen molar-refractivity contribution in [1.29, 1.82) is 0 Å². The predicted molar refractivity (Wildman–Crippen MR) is 75.5 cm³/mol. The molecule has 1 aromatic rings. The summed E-state index contributed by atoms with van der Waals surface area (Å²) in [7, 11) is 0. The highest BCUT2D eigenvalue weighted by Crippen LogP contribution is 2.41. The molecule has 1 heterocycles. The van der Waals surface area contributed by atoms with Crippen LogP contribution in [0.25, 0.3) is 0 Å². The molecule has 1 N–H and O–H groups in total. The number of ether oxygens (including phenoxy) is 1. The number of aliphatic carboxylic acids is 1. The number of hydrogen-bond acceptors (Lipinski definition) is 3. The van der Waals surface area contributed by atoms with Gasteiger partial charge in [-0.2, -0.15) is 0 Å². The van der Waals surface area contributed by atoms with E-state index in [0.29, 0.717) is 19.5 Å². The number of morpholine rings is 1. The molecule has 22 heavy (non-hydrogen) atoms. The molecule has 3 rings (SSSR count). The molecule has 1 aliphatic carbocycles. The molecule has 6 heteroatoms. The molecule has 1 aromatic carbocycles. The van der Waals surface area contributed by atoms with E-state index in [4.69, 9.17) is 9.84 Å². The van der Waals surface area contributed by atoms with Crippen LogP contribution >= 0.6 is 0 Å². The fourth-order valence-corrected chi connectivity index (χ4v) is 2.97. The molecular weight excluding hydrogens is 289 g/mol. The van der Waals surface area contributed by atoms with Crippen LogP contribution in [0.15, 0.2) is 24.3 Å². The van der Waals surface area contributed by atoms with Crippen molar-refractivity contribution in [2.75, 3.05) is 13.1 Å². The highest BCUT2D eigenvalue weighted by atomic mass is 19.1. The Hall–Kier alpha value is -1.95. The van der Waals surface area contributed by atoms with Gasteiger partial charge in [-0.1, -0.05) is 12.1 Å². The quantitative estimate of drug-likeness (QED) is 0.925. The average Bonchev–Trinajstić information content (AvgIpc) is 3.27. The van der Waals surface area contributed by atoms with Gasteiger partial charge < -0.3 is 14.7 Å². The Bertz CT molecular complexity index is 588. The van der Waals surface area contributed by atoms with E-state index in [1.165, 1.54) is 12.1 Å². The van der Waals surface area contributed by atoms with Crippen molar-refractivity contribution in [3.05, 3.63) is 35.6 Å². The second kappa shape index (κ2) is 5.68. The second-order valence-corrected chi connectivity index (χ2v) is 6.02. The van der Waals surface area contributed by atoms with E-state index >= 15 is 0 Å². The monoisotopic (exact) mass is 307 g/mol. The number of amides is 1. The number of carbonyl (C=O) groups excluding carboxylic acids is 1. The molecule has 4 atom stereocenters. The molecule has 118 valence electrons. The van der Waals surface area contributed by atoms with Crippen LogP contribution < -0.4 is 0 Å². The predicted octanol–water partition coefficient (Wildman–Crippen LogP) is 1.83. The first-order chi connectivity index (χ1) is 10.5. The Kier molecular flexibility index (Phi) is 3.87. The van der Waals surface area contributed by atoms with Crippen molar-refractivity contribution in [3.8, 4) is 0 Å². The zero-order valence-electron chi connectivity index (χ0n) is 12.2. The third kappa shape index (κ3) is 2.97. The molecule has 2 fully saturated rings. The van der Waals surface area contributed by atoms with Crippen molar-refractivity contribution in [1.82, 2.24) is 4.90 Å². The maximum atomic E-state index is 13.0. The zero-order valence-corrected chi connectivity index (χ0v) is 12.2. The normalized spacial score (nSPS) is 30.9. The van der Waals surface area contributed by atoms with Crippen LogP contribution in [0.3, 0.4) is 0 Å². The number of carboxylic acid groups (broad SMARTS) is 1. The smallest absolute Gasteiger partial charge is 0.307 e. The van der Waals surface area contributed by atoms with E-state index in [0.717, 1.165) is 5.56 Å². The summed E-state index contributed by atoms with van der Waals surface area (Å²) in [5.41, 5.74) is 0.816. The standard InChI is InChI=1S/C16H18FNO4/c1-9-7-18(15(19)12-6-13(12)16(20)21)8-14(22-9)10-2-4-11(17)5-3-10/h2-5,9,12-14H,6-8H2,1H3,(H,20,21)/t9-,12-,13-,14-/m1/s1. The highest BCUT2D eigenvalue weighted by Gasteiger charge is 2.50. The molecule has 1 saturated carbocycles. The van der Waals surface area contributed by atoms with Crippen LogP contribution in [-0.2, 0) is 14.3 Å². The summed E-state index contributed by atoms with van der Waals surface area (Å²) < 4.78 is 18.8. The number of halogens is 1. The van der Waals surface area contributed by atoms with Crippen molar-refractivity contribution < 1.29 is 23.8 Å². The number of nitrogens with zero attached hydrogens (tertiary/aromatic N) is 1. The van der Waals surface area contributed by atoms with Gasteiger partial charge in [0.1, 0.15) is 11.9 Å². The van der Waals surface area contributed by atoms with E-state index in [1.807, 2.05) is 6.92 Å². The summed E-state index contributed by atoms with van der Waals surface area (Å²) in [4.78, 5) is 25.0. The summed E-state index contributed by atoms with van der Waals surface area (Å²) in [6.07, 6.45) is -0.0358. The molecule has 0 aromatic heterocycles. The van der Waals surface area contributed by atoms with Crippen molar-refractivity contribution in [3.63, 3.8) is 0 Å².